The minimum Gasteiger partial charge on any atom is -0.545 e. The lowest BCUT2D eigenvalue weighted by molar-refractivity contribution is -0.870. The van der Waals surface area contributed by atoms with E-state index in [1.54, 1.807) is 0 Å². The van der Waals surface area contributed by atoms with Gasteiger partial charge < -0.3 is 33.3 Å². The van der Waals surface area contributed by atoms with Crippen molar-refractivity contribution in [1.29, 1.82) is 0 Å². The summed E-state index contributed by atoms with van der Waals surface area (Å²) in [6.45, 7) is 4.62. The van der Waals surface area contributed by atoms with Crippen molar-refractivity contribution >= 4 is 17.9 Å². The van der Waals surface area contributed by atoms with Gasteiger partial charge in [0.1, 0.15) is 13.2 Å². The fourth-order valence-corrected chi connectivity index (χ4v) is 9.34. The first-order valence-electron chi connectivity index (χ1n) is 33.2. The maximum Gasteiger partial charge on any atom is 0.306 e. The van der Waals surface area contributed by atoms with Gasteiger partial charge in [-0.3, -0.25) is 9.59 Å². The number of allylic oxidation sites excluding steroid dienone is 14. The molecule has 0 N–H and O–H groups in total. The molecule has 0 aliphatic heterocycles. The summed E-state index contributed by atoms with van der Waals surface area (Å²) in [5.74, 6) is -2.32. The zero-order chi connectivity index (χ0) is 58.3. The zero-order valence-corrected chi connectivity index (χ0v) is 52.7. The van der Waals surface area contributed by atoms with E-state index in [9.17, 15) is 19.5 Å². The van der Waals surface area contributed by atoms with E-state index >= 15 is 0 Å². The third-order valence-corrected chi connectivity index (χ3v) is 14.4. The molecule has 0 spiro atoms. The second-order valence-electron chi connectivity index (χ2n) is 23.4. The summed E-state index contributed by atoms with van der Waals surface area (Å²) in [6, 6.07) is 0. The molecule has 0 aromatic rings. The van der Waals surface area contributed by atoms with E-state index in [2.05, 4.69) is 98.9 Å². The number of quaternary nitrogens is 1. The van der Waals surface area contributed by atoms with Crippen LogP contribution >= 0.6 is 0 Å². The number of nitrogens with zero attached hydrogens (tertiary/aromatic N) is 1. The van der Waals surface area contributed by atoms with Crippen molar-refractivity contribution in [3.05, 3.63) is 85.1 Å². The van der Waals surface area contributed by atoms with Gasteiger partial charge in [-0.25, -0.2) is 0 Å². The van der Waals surface area contributed by atoms with Crippen LogP contribution in [0.25, 0.3) is 0 Å². The van der Waals surface area contributed by atoms with Crippen LogP contribution in [-0.2, 0) is 33.3 Å². The standard InChI is InChI=1S/C71H125NO8/c1-6-8-10-12-14-16-18-20-22-24-26-28-30-32-33-34-35-36-38-39-41-43-45-47-49-51-53-55-57-59-61-68(73)78-65-67(66-79-71(70(75)76)77-64-63-72(3,4)5)80-69(74)62-60-58-56-54-52-50-48-46-44-42-40-37-31-29-27-25-23-21-19-17-15-13-11-9-7-2/h9,11,15,17,21,23,27,29,37,40,44,46,50,52,67,71H,6-8,10,12-14,16,18-20,22,24-26,28,30-36,38-39,41-43,45,47-49,51,53-66H2,1-5H3/b11-9-,17-15-,23-21-,29-27-,40-37-,46-44-,52-50-. The summed E-state index contributed by atoms with van der Waals surface area (Å²) in [6.07, 6.45) is 79.5. The number of carboxylic acid groups (broad SMARTS) is 1. The summed E-state index contributed by atoms with van der Waals surface area (Å²) >= 11 is 0. The Morgan fingerprint density at radius 3 is 1.06 bits per heavy atom. The van der Waals surface area contributed by atoms with Gasteiger partial charge in [-0.2, -0.15) is 0 Å². The number of carbonyl (C=O) groups excluding carboxylic acids is 3. The zero-order valence-electron chi connectivity index (χ0n) is 52.7. The van der Waals surface area contributed by atoms with Crippen LogP contribution in [0.2, 0.25) is 0 Å². The molecule has 2 atom stereocenters. The molecule has 0 radical (unpaired) electrons. The van der Waals surface area contributed by atoms with Gasteiger partial charge >= 0.3 is 11.9 Å². The Morgan fingerprint density at radius 1 is 0.388 bits per heavy atom. The first kappa shape index (κ1) is 76.5. The minimum absolute atomic E-state index is 0.138. The fourth-order valence-electron chi connectivity index (χ4n) is 9.34. The van der Waals surface area contributed by atoms with Crippen molar-refractivity contribution in [3.8, 4) is 0 Å². The Kier molecular flexibility index (Phi) is 58.8. The SMILES string of the molecule is CC/C=C\C/C=C\C/C=C\C/C=C\C/C=C\C/C=C\C/C=C\CCCCCC(=O)OC(COC(=O)CCCCCCCCCCCCCCCCCCCCCCCCCCCCCCCC)COC(OCC[N+](C)(C)C)C(=O)[O-]. The van der Waals surface area contributed by atoms with Crippen LogP contribution < -0.4 is 5.11 Å². The van der Waals surface area contributed by atoms with Gasteiger partial charge in [0.05, 0.1) is 40.3 Å². The number of ether oxygens (including phenoxy) is 4. The highest BCUT2D eigenvalue weighted by Gasteiger charge is 2.22. The maximum atomic E-state index is 12.9. The predicted molar refractivity (Wildman–Crippen MR) is 338 cm³/mol. The molecule has 0 bridgehead atoms. The molecule has 462 valence electrons. The first-order chi connectivity index (χ1) is 39.1. The van der Waals surface area contributed by atoms with Crippen molar-refractivity contribution in [3.63, 3.8) is 0 Å². The second kappa shape index (κ2) is 61.5. The van der Waals surface area contributed by atoms with E-state index < -0.39 is 24.3 Å². The Balaban J connectivity index is 4.18. The van der Waals surface area contributed by atoms with Gasteiger partial charge in [-0.15, -0.1) is 0 Å². The quantitative estimate of drug-likeness (QED) is 0.0195. The Labute approximate surface area is 493 Å². The summed E-state index contributed by atoms with van der Waals surface area (Å²) in [4.78, 5) is 37.4. The summed E-state index contributed by atoms with van der Waals surface area (Å²) in [7, 11) is 5.91. The average Bonchev–Trinajstić information content (AvgIpc) is 3.43. The Hall–Kier alpha value is -3.53. The second-order valence-corrected chi connectivity index (χ2v) is 23.4. The van der Waals surface area contributed by atoms with Crippen LogP contribution in [0.15, 0.2) is 85.1 Å². The summed E-state index contributed by atoms with van der Waals surface area (Å²) < 4.78 is 22.7. The number of carbonyl (C=O) groups is 3. The van der Waals surface area contributed by atoms with Crippen LogP contribution in [0.5, 0.6) is 0 Å². The lowest BCUT2D eigenvalue weighted by Crippen LogP contribution is -2.44. The minimum atomic E-state index is -1.64. The largest absolute Gasteiger partial charge is 0.545 e. The number of carboxylic acids is 1. The maximum absolute atomic E-state index is 12.9. The predicted octanol–water partition coefficient (Wildman–Crippen LogP) is 19.0. The lowest BCUT2D eigenvalue weighted by atomic mass is 10.0. The van der Waals surface area contributed by atoms with E-state index in [0.717, 1.165) is 83.5 Å². The third-order valence-electron chi connectivity index (χ3n) is 14.4. The Morgan fingerprint density at radius 2 is 0.713 bits per heavy atom. The molecular formula is C71H125NO8. The van der Waals surface area contributed by atoms with Crippen molar-refractivity contribution in [1.82, 2.24) is 0 Å². The summed E-state index contributed by atoms with van der Waals surface area (Å²) in [5, 5.41) is 11.8. The molecule has 0 rings (SSSR count). The molecule has 9 heteroatoms. The van der Waals surface area contributed by atoms with E-state index in [1.807, 2.05) is 21.1 Å². The van der Waals surface area contributed by atoms with E-state index in [-0.39, 0.29) is 38.6 Å². The number of likely N-dealkylation sites (N-methyl/N-ethyl adjacent to an activating group) is 1. The Bertz CT molecular complexity index is 1590. The number of aliphatic carboxylic acids is 1. The van der Waals surface area contributed by atoms with Gasteiger partial charge in [0.15, 0.2) is 12.4 Å². The molecule has 0 heterocycles. The lowest BCUT2D eigenvalue weighted by Gasteiger charge is -2.26. The number of unbranched alkanes of at least 4 members (excludes halogenated alkanes) is 32. The van der Waals surface area contributed by atoms with Gasteiger partial charge in [-0.1, -0.05) is 292 Å². The van der Waals surface area contributed by atoms with Gasteiger partial charge in [0.2, 0.25) is 0 Å². The van der Waals surface area contributed by atoms with Gasteiger partial charge in [0.25, 0.3) is 0 Å². The monoisotopic (exact) mass is 1120 g/mol. The van der Waals surface area contributed by atoms with Gasteiger partial charge in [0, 0.05) is 12.8 Å². The molecule has 9 nitrogen and oxygen atoms in total. The van der Waals surface area contributed by atoms with Crippen LogP contribution in [0.3, 0.4) is 0 Å². The molecule has 0 amide bonds. The molecular weight excluding hydrogens is 995 g/mol. The number of hydrogen-bond donors (Lipinski definition) is 0. The highest BCUT2D eigenvalue weighted by molar-refractivity contribution is 5.70. The first-order valence-corrected chi connectivity index (χ1v) is 33.2. The third kappa shape index (κ3) is 62.1. The fraction of sp³-hybridized carbons (Fsp3) is 0.761. The highest BCUT2D eigenvalue weighted by atomic mass is 16.7. The van der Waals surface area contributed by atoms with Crippen molar-refractivity contribution in [2.45, 2.75) is 302 Å². The van der Waals surface area contributed by atoms with Gasteiger partial charge in [-0.05, 0) is 70.6 Å². The molecule has 0 fully saturated rings. The molecule has 0 aromatic carbocycles. The molecule has 0 saturated heterocycles. The normalized spacial score (nSPS) is 13.3. The molecule has 0 aliphatic carbocycles. The molecule has 0 aliphatic rings. The van der Waals surface area contributed by atoms with Crippen LogP contribution in [0, 0.1) is 0 Å². The number of rotatable bonds is 61. The smallest absolute Gasteiger partial charge is 0.306 e. The van der Waals surface area contributed by atoms with E-state index in [0.29, 0.717) is 17.4 Å². The topological polar surface area (TPSA) is 111 Å². The molecule has 0 saturated carbocycles. The average molecular weight is 1120 g/mol. The van der Waals surface area contributed by atoms with Crippen molar-refractivity contribution in [2.24, 2.45) is 0 Å². The van der Waals surface area contributed by atoms with Crippen LogP contribution in [-0.4, -0.2) is 82.3 Å². The number of hydrogen-bond acceptors (Lipinski definition) is 8. The summed E-state index contributed by atoms with van der Waals surface area (Å²) in [5.41, 5.74) is 0. The van der Waals surface area contributed by atoms with Crippen LogP contribution in [0.1, 0.15) is 290 Å². The van der Waals surface area contributed by atoms with Crippen molar-refractivity contribution in [2.75, 3.05) is 47.5 Å². The number of esters is 2. The molecule has 2 unspecified atom stereocenters. The van der Waals surface area contributed by atoms with Crippen molar-refractivity contribution < 1.29 is 42.9 Å². The van der Waals surface area contributed by atoms with E-state index in [1.165, 1.54) is 173 Å². The molecule has 0 aromatic heterocycles. The highest BCUT2D eigenvalue weighted by Crippen LogP contribution is 2.18. The molecule has 80 heavy (non-hydrogen) atoms. The van der Waals surface area contributed by atoms with E-state index in [4.69, 9.17) is 18.9 Å². The van der Waals surface area contributed by atoms with Crippen LogP contribution in [0.4, 0.5) is 0 Å².